The van der Waals surface area contributed by atoms with Crippen molar-refractivity contribution in [2.45, 2.75) is 6.54 Å². The highest BCUT2D eigenvalue weighted by molar-refractivity contribution is 6.37. The molecule has 7 nitrogen and oxygen atoms in total. The molecule has 2 heterocycles. The van der Waals surface area contributed by atoms with Crippen LogP contribution in [-0.4, -0.2) is 20.0 Å². The van der Waals surface area contributed by atoms with Gasteiger partial charge in [0.1, 0.15) is 11.4 Å². The zero-order valence-corrected chi connectivity index (χ0v) is 17.5. The Balaban J connectivity index is 1.64. The van der Waals surface area contributed by atoms with Gasteiger partial charge in [-0.3, -0.25) is 14.2 Å². The molecule has 0 aliphatic heterocycles. The van der Waals surface area contributed by atoms with Crippen LogP contribution in [0.1, 0.15) is 16.1 Å². The van der Waals surface area contributed by atoms with Crippen LogP contribution in [0.2, 0.25) is 10.0 Å². The van der Waals surface area contributed by atoms with Gasteiger partial charge in [0.05, 0.1) is 41.0 Å². The van der Waals surface area contributed by atoms with Gasteiger partial charge in [-0.1, -0.05) is 53.5 Å². The van der Waals surface area contributed by atoms with Crippen molar-refractivity contribution in [1.82, 2.24) is 14.1 Å². The molecule has 0 radical (unpaired) electrons. The number of halogens is 2. The van der Waals surface area contributed by atoms with Crippen molar-refractivity contribution in [2.75, 3.05) is 0 Å². The Morgan fingerprint density at radius 2 is 1.77 bits per heavy atom. The Morgan fingerprint density at radius 1 is 1.06 bits per heavy atom. The minimum Gasteiger partial charge on any atom is -0.453 e. The molecule has 4 rings (SSSR count). The van der Waals surface area contributed by atoms with Gasteiger partial charge in [-0.05, 0) is 23.8 Å². The number of carbonyl (C=O) groups excluding carboxylic acids is 1. The summed E-state index contributed by atoms with van der Waals surface area (Å²) >= 11 is 12.8. The average Bonchev–Trinajstić information content (AvgIpc) is 3.24. The van der Waals surface area contributed by atoms with E-state index in [0.717, 1.165) is 5.56 Å². The molecule has 0 saturated carbocycles. The second-order valence-electron chi connectivity index (χ2n) is 6.67. The topological polar surface area (TPSA) is 92.1 Å². The Morgan fingerprint density at radius 3 is 2.45 bits per heavy atom. The molecule has 2 N–H and O–H groups in total. The van der Waals surface area contributed by atoms with Crippen LogP contribution in [0.5, 0.6) is 11.5 Å². The number of aromatic nitrogens is 3. The maximum Gasteiger partial charge on any atom is 0.267 e. The van der Waals surface area contributed by atoms with Crippen molar-refractivity contribution < 1.29 is 9.53 Å². The SMILES string of the molecule is NC(=O)c1cncn1-c1cc(Cl)c(Oc2ccc(=O)n(Cc3ccccc3)c2)c(Cl)c1. The number of primary amides is 1. The monoisotopic (exact) mass is 454 g/mol. The molecule has 156 valence electrons. The van der Waals surface area contributed by atoms with Crippen molar-refractivity contribution in [3.8, 4) is 17.2 Å². The van der Waals surface area contributed by atoms with Gasteiger partial charge in [-0.25, -0.2) is 4.98 Å². The number of imidazole rings is 1. The second kappa shape index (κ2) is 8.67. The van der Waals surface area contributed by atoms with E-state index < -0.39 is 5.91 Å². The fourth-order valence-corrected chi connectivity index (χ4v) is 3.61. The van der Waals surface area contributed by atoms with E-state index in [9.17, 15) is 9.59 Å². The zero-order valence-electron chi connectivity index (χ0n) is 16.0. The van der Waals surface area contributed by atoms with Gasteiger partial charge in [-0.15, -0.1) is 0 Å². The van der Waals surface area contributed by atoms with E-state index in [4.69, 9.17) is 33.7 Å². The van der Waals surface area contributed by atoms with Gasteiger partial charge < -0.3 is 15.0 Å². The molecule has 2 aromatic carbocycles. The van der Waals surface area contributed by atoms with Gasteiger partial charge in [0, 0.05) is 6.07 Å². The molecule has 1 amide bonds. The number of nitrogens with two attached hydrogens (primary N) is 1. The lowest BCUT2D eigenvalue weighted by Crippen LogP contribution is -2.18. The van der Waals surface area contributed by atoms with Gasteiger partial charge in [0.2, 0.25) is 0 Å². The molecule has 0 spiro atoms. The molecule has 0 fully saturated rings. The molecule has 0 aliphatic rings. The lowest BCUT2D eigenvalue weighted by Gasteiger charge is -2.14. The average molecular weight is 455 g/mol. The Labute approximate surface area is 187 Å². The van der Waals surface area contributed by atoms with Crippen molar-refractivity contribution in [2.24, 2.45) is 5.73 Å². The van der Waals surface area contributed by atoms with E-state index in [0.29, 0.717) is 18.0 Å². The highest BCUT2D eigenvalue weighted by Gasteiger charge is 2.16. The van der Waals surface area contributed by atoms with Crippen molar-refractivity contribution in [3.05, 3.63) is 105 Å². The number of ether oxygens (including phenoxy) is 1. The third kappa shape index (κ3) is 4.47. The molecular formula is C22H16Cl2N4O3. The summed E-state index contributed by atoms with van der Waals surface area (Å²) in [4.78, 5) is 27.7. The quantitative estimate of drug-likeness (QED) is 0.470. The highest BCUT2D eigenvalue weighted by Crippen LogP contribution is 2.38. The number of nitrogens with zero attached hydrogens (tertiary/aromatic N) is 3. The molecule has 9 heteroatoms. The van der Waals surface area contributed by atoms with Gasteiger partial charge in [0.15, 0.2) is 5.75 Å². The molecular weight excluding hydrogens is 439 g/mol. The van der Waals surface area contributed by atoms with E-state index in [1.165, 1.54) is 27.7 Å². The maximum atomic E-state index is 12.2. The summed E-state index contributed by atoms with van der Waals surface area (Å²) < 4.78 is 8.89. The first-order chi connectivity index (χ1) is 14.9. The molecule has 4 aromatic rings. The second-order valence-corrected chi connectivity index (χ2v) is 7.48. The molecule has 2 aromatic heterocycles. The summed E-state index contributed by atoms with van der Waals surface area (Å²) in [5.74, 6) is -0.0176. The van der Waals surface area contributed by atoms with E-state index in [1.54, 1.807) is 24.4 Å². The molecule has 0 atom stereocenters. The molecule has 0 aliphatic carbocycles. The summed E-state index contributed by atoms with van der Waals surface area (Å²) in [5, 5.41) is 0.430. The maximum absolute atomic E-state index is 12.2. The largest absolute Gasteiger partial charge is 0.453 e. The fraction of sp³-hybridized carbons (Fsp3) is 0.0455. The molecule has 0 saturated heterocycles. The summed E-state index contributed by atoms with van der Waals surface area (Å²) in [6.07, 6.45) is 4.38. The smallest absolute Gasteiger partial charge is 0.267 e. The Hall–Kier alpha value is -3.55. The van der Waals surface area contributed by atoms with Gasteiger partial charge >= 0.3 is 0 Å². The summed E-state index contributed by atoms with van der Waals surface area (Å²) in [7, 11) is 0. The predicted octanol–water partition coefficient (Wildman–Crippen LogP) is 4.28. The highest BCUT2D eigenvalue weighted by atomic mass is 35.5. The van der Waals surface area contributed by atoms with E-state index in [-0.39, 0.29) is 27.0 Å². The number of rotatable bonds is 6. The van der Waals surface area contributed by atoms with Crippen LogP contribution in [0, 0.1) is 0 Å². The Kier molecular flexibility index (Phi) is 5.79. The number of benzene rings is 2. The van der Waals surface area contributed by atoms with Crippen molar-refractivity contribution in [1.29, 1.82) is 0 Å². The van der Waals surface area contributed by atoms with Crippen LogP contribution in [-0.2, 0) is 6.54 Å². The predicted molar refractivity (Wildman–Crippen MR) is 118 cm³/mol. The zero-order chi connectivity index (χ0) is 22.0. The molecule has 0 bridgehead atoms. The summed E-state index contributed by atoms with van der Waals surface area (Å²) in [6.45, 7) is 0.397. The van der Waals surface area contributed by atoms with E-state index in [2.05, 4.69) is 4.98 Å². The first kappa shape index (κ1) is 20.7. The van der Waals surface area contributed by atoms with Crippen LogP contribution in [0.3, 0.4) is 0 Å². The van der Waals surface area contributed by atoms with Crippen LogP contribution in [0.25, 0.3) is 5.69 Å². The van der Waals surface area contributed by atoms with Gasteiger partial charge in [0.25, 0.3) is 11.5 Å². The third-order valence-electron chi connectivity index (χ3n) is 4.52. The number of amides is 1. The van der Waals surface area contributed by atoms with Crippen molar-refractivity contribution in [3.63, 3.8) is 0 Å². The lowest BCUT2D eigenvalue weighted by atomic mass is 10.2. The van der Waals surface area contributed by atoms with Crippen LogP contribution in [0.15, 0.2) is 78.1 Å². The number of carbonyl (C=O) groups is 1. The minimum absolute atomic E-state index is 0.164. The standard InChI is InChI=1S/C22H16Cl2N4O3/c23-17-8-15(28-13-26-10-19(28)22(25)30)9-18(24)21(17)31-16-6-7-20(29)27(12-16)11-14-4-2-1-3-5-14/h1-10,12-13H,11H2,(H2,25,30). The Bertz CT molecular complexity index is 1290. The minimum atomic E-state index is -0.634. The number of hydrogen-bond acceptors (Lipinski definition) is 4. The van der Waals surface area contributed by atoms with E-state index >= 15 is 0 Å². The molecule has 31 heavy (non-hydrogen) atoms. The summed E-state index contributed by atoms with van der Waals surface area (Å²) in [6, 6.07) is 15.7. The van der Waals surface area contributed by atoms with Crippen LogP contribution < -0.4 is 16.0 Å². The first-order valence-corrected chi connectivity index (χ1v) is 9.92. The lowest BCUT2D eigenvalue weighted by molar-refractivity contribution is 0.0994. The van der Waals surface area contributed by atoms with Gasteiger partial charge in [-0.2, -0.15) is 0 Å². The fourth-order valence-electron chi connectivity index (χ4n) is 3.06. The molecule has 0 unspecified atom stereocenters. The summed E-state index contributed by atoms with van der Waals surface area (Å²) in [5.41, 5.74) is 6.87. The number of pyridine rings is 1. The van der Waals surface area contributed by atoms with E-state index in [1.807, 2.05) is 30.3 Å². The normalized spacial score (nSPS) is 10.8. The third-order valence-corrected chi connectivity index (χ3v) is 5.09. The number of hydrogen-bond donors (Lipinski definition) is 1. The van der Waals surface area contributed by atoms with Crippen LogP contribution in [0.4, 0.5) is 0 Å². The van der Waals surface area contributed by atoms with Crippen molar-refractivity contribution >= 4 is 29.1 Å². The first-order valence-electron chi connectivity index (χ1n) is 9.16. The van der Waals surface area contributed by atoms with Crippen LogP contribution >= 0.6 is 23.2 Å².